The van der Waals surface area contributed by atoms with Crippen LogP contribution in [-0.4, -0.2) is 0 Å². The molecule has 0 radical (unpaired) electrons. The number of rotatable bonds is 6. The van der Waals surface area contributed by atoms with Gasteiger partial charge in [-0.2, -0.15) is 0 Å². The fourth-order valence-electron chi connectivity index (χ4n) is 8.08. The van der Waals surface area contributed by atoms with Gasteiger partial charge in [0.15, 0.2) is 0 Å². The van der Waals surface area contributed by atoms with Crippen LogP contribution < -0.4 is 9.64 Å². The van der Waals surface area contributed by atoms with Gasteiger partial charge in [0.25, 0.3) is 0 Å². The lowest BCUT2D eigenvalue weighted by Crippen LogP contribution is -2.24. The van der Waals surface area contributed by atoms with Gasteiger partial charge in [0.2, 0.25) is 0 Å². The third-order valence-corrected chi connectivity index (χ3v) is 10.9. The fraction of sp³-hybridized carbons (Fsp3) is 0.0588. The monoisotopic (exact) mass is 695 g/mol. The first-order chi connectivity index (χ1) is 26.5. The van der Waals surface area contributed by atoms with E-state index in [-0.39, 0.29) is 5.41 Å². The van der Waals surface area contributed by atoms with Gasteiger partial charge in [-0.25, -0.2) is 0 Å². The largest absolute Gasteiger partial charge is 0.456 e. The van der Waals surface area contributed by atoms with Crippen molar-refractivity contribution in [3.05, 3.63) is 199 Å². The molecule has 0 atom stereocenters. The number of ether oxygens (including phenoxy) is 1. The third-order valence-electron chi connectivity index (χ3n) is 10.9. The van der Waals surface area contributed by atoms with Crippen LogP contribution >= 0.6 is 0 Å². The summed E-state index contributed by atoms with van der Waals surface area (Å²) in [5, 5.41) is 2.11. The molecular weight excluding hydrogens is 659 g/mol. The summed E-state index contributed by atoms with van der Waals surface area (Å²) >= 11 is 0. The molecule has 1 aliphatic rings. The average molecular weight is 696 g/mol. The Morgan fingerprint density at radius 1 is 0.407 bits per heavy atom. The molecule has 0 aliphatic carbocycles. The minimum Gasteiger partial charge on any atom is -0.456 e. The van der Waals surface area contributed by atoms with E-state index in [1.807, 2.05) is 12.1 Å². The van der Waals surface area contributed by atoms with Crippen LogP contribution in [0.25, 0.3) is 55.3 Å². The van der Waals surface area contributed by atoms with Crippen LogP contribution in [0.3, 0.4) is 0 Å². The number of furan rings is 1. The molecule has 9 aromatic rings. The first-order valence-corrected chi connectivity index (χ1v) is 18.5. The Labute approximate surface area is 315 Å². The Kier molecular flexibility index (Phi) is 7.48. The van der Waals surface area contributed by atoms with Gasteiger partial charge >= 0.3 is 0 Å². The van der Waals surface area contributed by atoms with E-state index in [4.69, 9.17) is 9.15 Å². The molecule has 0 N–H and O–H groups in total. The molecule has 3 nitrogen and oxygen atoms in total. The van der Waals surface area contributed by atoms with E-state index in [1.54, 1.807) is 0 Å². The molecule has 0 bridgehead atoms. The Bertz CT molecular complexity index is 2800. The first kappa shape index (κ1) is 31.9. The minimum atomic E-state index is -0.247. The van der Waals surface area contributed by atoms with Gasteiger partial charge < -0.3 is 14.1 Å². The summed E-state index contributed by atoms with van der Waals surface area (Å²) < 4.78 is 13.1. The number of nitrogens with zero attached hydrogens (tertiary/aromatic N) is 1. The van der Waals surface area contributed by atoms with Crippen molar-refractivity contribution in [2.24, 2.45) is 0 Å². The second-order valence-electron chi connectivity index (χ2n) is 14.6. The molecule has 0 fully saturated rings. The van der Waals surface area contributed by atoms with E-state index in [0.717, 1.165) is 61.6 Å². The maximum Gasteiger partial charge on any atom is 0.143 e. The van der Waals surface area contributed by atoms with E-state index >= 15 is 0 Å². The standard InChI is InChI=1S/C51H37NO2/c1-51(2)44-29-24-39(33-48(44)54-50-45(51)30-31-47-49(50)43-18-9-10-19-46(43)53-47)37-22-27-41(28-23-37)52(40-25-20-36(21-26-40)34-12-5-3-6-13-34)42-17-11-16-38(32-42)35-14-7-4-8-15-35/h3-33H,1-2H3. The fourth-order valence-corrected chi connectivity index (χ4v) is 8.08. The molecule has 2 heterocycles. The average Bonchev–Trinajstić information content (AvgIpc) is 3.62. The summed E-state index contributed by atoms with van der Waals surface area (Å²) in [7, 11) is 0. The lowest BCUT2D eigenvalue weighted by molar-refractivity contribution is 0.423. The zero-order valence-electron chi connectivity index (χ0n) is 30.2. The minimum absolute atomic E-state index is 0.247. The van der Waals surface area contributed by atoms with Crippen LogP contribution in [0, 0.1) is 0 Å². The Balaban J connectivity index is 1.03. The molecule has 0 spiro atoms. The molecule has 1 aliphatic heterocycles. The summed E-state index contributed by atoms with van der Waals surface area (Å²) in [6, 6.07) is 66.7. The summed E-state index contributed by atoms with van der Waals surface area (Å²) in [5.74, 6) is 1.76. The highest BCUT2D eigenvalue weighted by Gasteiger charge is 2.36. The third kappa shape index (κ3) is 5.36. The highest BCUT2D eigenvalue weighted by atomic mass is 16.5. The maximum atomic E-state index is 6.85. The van der Waals surface area contributed by atoms with Gasteiger partial charge in [-0.3, -0.25) is 0 Å². The molecule has 0 saturated carbocycles. The summed E-state index contributed by atoms with van der Waals surface area (Å²) in [4.78, 5) is 2.33. The summed E-state index contributed by atoms with van der Waals surface area (Å²) in [6.45, 7) is 4.56. The van der Waals surface area contributed by atoms with Gasteiger partial charge in [-0.05, 0) is 88.0 Å². The number of benzene rings is 8. The Morgan fingerprint density at radius 3 is 1.65 bits per heavy atom. The number of para-hydroxylation sites is 1. The number of fused-ring (bicyclic) bond motifs is 6. The quantitative estimate of drug-likeness (QED) is 0.173. The van der Waals surface area contributed by atoms with Gasteiger partial charge in [0, 0.05) is 39.0 Å². The normalized spacial score (nSPS) is 12.9. The first-order valence-electron chi connectivity index (χ1n) is 18.5. The number of anilines is 3. The lowest BCUT2D eigenvalue weighted by atomic mass is 9.75. The topological polar surface area (TPSA) is 25.6 Å². The van der Waals surface area contributed by atoms with Crippen molar-refractivity contribution in [3.8, 4) is 44.9 Å². The highest BCUT2D eigenvalue weighted by Crippen LogP contribution is 2.53. The number of hydrogen-bond acceptors (Lipinski definition) is 3. The van der Waals surface area contributed by atoms with E-state index in [1.165, 1.54) is 33.4 Å². The lowest BCUT2D eigenvalue weighted by Gasteiger charge is -2.35. The maximum absolute atomic E-state index is 6.85. The zero-order chi connectivity index (χ0) is 36.2. The van der Waals surface area contributed by atoms with E-state index < -0.39 is 0 Å². The predicted molar refractivity (Wildman–Crippen MR) is 223 cm³/mol. The van der Waals surface area contributed by atoms with Crippen molar-refractivity contribution in [2.75, 3.05) is 4.90 Å². The van der Waals surface area contributed by atoms with Crippen molar-refractivity contribution in [1.82, 2.24) is 0 Å². The highest BCUT2D eigenvalue weighted by molar-refractivity contribution is 6.09. The van der Waals surface area contributed by atoms with Crippen LogP contribution in [-0.2, 0) is 5.41 Å². The van der Waals surface area contributed by atoms with Crippen molar-refractivity contribution < 1.29 is 9.15 Å². The van der Waals surface area contributed by atoms with Crippen LogP contribution in [0.5, 0.6) is 11.5 Å². The van der Waals surface area contributed by atoms with Crippen molar-refractivity contribution in [1.29, 1.82) is 0 Å². The van der Waals surface area contributed by atoms with E-state index in [2.05, 4.69) is 195 Å². The number of hydrogen-bond donors (Lipinski definition) is 0. The molecule has 1 aromatic heterocycles. The van der Waals surface area contributed by atoms with Crippen LogP contribution in [0.2, 0.25) is 0 Å². The van der Waals surface area contributed by atoms with Gasteiger partial charge in [0.1, 0.15) is 22.7 Å². The van der Waals surface area contributed by atoms with Crippen molar-refractivity contribution in [3.63, 3.8) is 0 Å². The second kappa shape index (κ2) is 12.7. The summed E-state index contributed by atoms with van der Waals surface area (Å²) in [5.41, 5.74) is 14.1. The molecule has 54 heavy (non-hydrogen) atoms. The van der Waals surface area contributed by atoms with Crippen LogP contribution in [0.15, 0.2) is 192 Å². The Morgan fingerprint density at radius 2 is 0.944 bits per heavy atom. The molecular formula is C51H37NO2. The molecule has 0 unspecified atom stereocenters. The Hall–Kier alpha value is -6.84. The van der Waals surface area contributed by atoms with E-state index in [9.17, 15) is 0 Å². The SMILES string of the molecule is CC1(C)c2ccc(-c3ccc(N(c4ccc(-c5ccccc5)cc4)c4cccc(-c5ccccc5)c4)cc3)cc2Oc2c1ccc1oc3ccccc3c21. The molecule has 8 aromatic carbocycles. The van der Waals surface area contributed by atoms with Crippen LogP contribution in [0.1, 0.15) is 25.0 Å². The molecule has 10 rings (SSSR count). The molecule has 0 amide bonds. The smallest absolute Gasteiger partial charge is 0.143 e. The summed E-state index contributed by atoms with van der Waals surface area (Å²) in [6.07, 6.45) is 0. The predicted octanol–water partition coefficient (Wildman–Crippen LogP) is 14.5. The zero-order valence-corrected chi connectivity index (χ0v) is 30.2. The molecule has 3 heteroatoms. The van der Waals surface area contributed by atoms with Crippen molar-refractivity contribution >= 4 is 39.0 Å². The van der Waals surface area contributed by atoms with Gasteiger partial charge in [0.05, 0.1) is 5.39 Å². The van der Waals surface area contributed by atoms with E-state index in [0.29, 0.717) is 0 Å². The second-order valence-corrected chi connectivity index (χ2v) is 14.6. The van der Waals surface area contributed by atoms with Gasteiger partial charge in [-0.15, -0.1) is 0 Å². The molecule has 0 saturated heterocycles. The van der Waals surface area contributed by atoms with Gasteiger partial charge in [-0.1, -0.05) is 147 Å². The van der Waals surface area contributed by atoms with Crippen molar-refractivity contribution in [2.45, 2.75) is 19.3 Å². The molecule has 258 valence electrons. The van der Waals surface area contributed by atoms with Crippen LogP contribution in [0.4, 0.5) is 17.1 Å².